The minimum atomic E-state index is -0.258. The molecule has 0 aliphatic carbocycles. The molecule has 0 saturated carbocycles. The summed E-state index contributed by atoms with van der Waals surface area (Å²) in [7, 11) is 0. The van der Waals surface area contributed by atoms with E-state index in [2.05, 4.69) is 25.9 Å². The molecule has 5 rings (SSSR count). The number of aromatic amines is 1. The maximum Gasteiger partial charge on any atom is 0.270 e. The van der Waals surface area contributed by atoms with Crippen molar-refractivity contribution in [2.75, 3.05) is 17.2 Å². The van der Waals surface area contributed by atoms with Gasteiger partial charge in [-0.25, -0.2) is 4.98 Å². The van der Waals surface area contributed by atoms with Gasteiger partial charge in [0.1, 0.15) is 11.5 Å². The topological polar surface area (TPSA) is 98.9 Å². The number of fused-ring (bicyclic) bond motifs is 1. The van der Waals surface area contributed by atoms with Gasteiger partial charge in [0, 0.05) is 35.4 Å². The average molecular weight is 462 g/mol. The summed E-state index contributed by atoms with van der Waals surface area (Å²) in [6.07, 6.45) is 7.42. The number of carbonyl (C=O) groups is 2. The lowest BCUT2D eigenvalue weighted by Crippen LogP contribution is -2.24. The summed E-state index contributed by atoms with van der Waals surface area (Å²) in [5, 5.41) is 8.95. The Morgan fingerprint density at radius 1 is 0.971 bits per heavy atom. The molecule has 172 valence electrons. The van der Waals surface area contributed by atoms with Gasteiger partial charge >= 0.3 is 0 Å². The Morgan fingerprint density at radius 2 is 1.86 bits per heavy atom. The molecule has 1 aliphatic rings. The van der Waals surface area contributed by atoms with Gasteiger partial charge in [0.25, 0.3) is 11.8 Å². The zero-order valence-corrected chi connectivity index (χ0v) is 18.8. The predicted molar refractivity (Wildman–Crippen MR) is 139 cm³/mol. The maximum atomic E-state index is 12.5. The SMILES string of the molecule is O=C1Nc2cc(C=CCNC(=O)c3cccc(Nc4ccccc4)n3)ccc2C1=Cc1ccc[nH]1. The number of rotatable bonds is 7. The van der Waals surface area contributed by atoms with Crippen LogP contribution < -0.4 is 16.0 Å². The normalized spacial score (nSPS) is 13.6. The molecule has 2 amide bonds. The predicted octanol–water partition coefficient (Wildman–Crippen LogP) is 5.09. The van der Waals surface area contributed by atoms with Gasteiger partial charge in [0.2, 0.25) is 0 Å². The smallest absolute Gasteiger partial charge is 0.270 e. The van der Waals surface area contributed by atoms with Gasteiger partial charge in [-0.3, -0.25) is 9.59 Å². The molecule has 0 radical (unpaired) electrons. The Bertz CT molecular complexity index is 1420. The van der Waals surface area contributed by atoms with Crippen molar-refractivity contribution in [2.24, 2.45) is 0 Å². The highest BCUT2D eigenvalue weighted by atomic mass is 16.2. The second kappa shape index (κ2) is 9.93. The van der Waals surface area contributed by atoms with Crippen LogP contribution in [-0.4, -0.2) is 28.3 Å². The molecule has 0 atom stereocenters. The molecule has 0 fully saturated rings. The Balaban J connectivity index is 1.19. The minimum absolute atomic E-state index is 0.125. The van der Waals surface area contributed by atoms with Crippen molar-refractivity contribution >= 4 is 46.7 Å². The van der Waals surface area contributed by atoms with E-state index in [9.17, 15) is 9.59 Å². The molecular weight excluding hydrogens is 438 g/mol. The minimum Gasteiger partial charge on any atom is -0.362 e. The summed E-state index contributed by atoms with van der Waals surface area (Å²) in [4.78, 5) is 32.4. The molecule has 0 saturated heterocycles. The van der Waals surface area contributed by atoms with E-state index in [0.29, 0.717) is 23.6 Å². The second-order valence-electron chi connectivity index (χ2n) is 7.95. The fourth-order valence-corrected chi connectivity index (χ4v) is 3.79. The summed E-state index contributed by atoms with van der Waals surface area (Å²) >= 11 is 0. The molecule has 4 aromatic rings. The summed E-state index contributed by atoms with van der Waals surface area (Å²) in [5.41, 5.74) is 5.29. The first-order chi connectivity index (χ1) is 17.2. The van der Waals surface area contributed by atoms with Crippen LogP contribution in [0, 0.1) is 0 Å². The molecule has 3 heterocycles. The molecular formula is C28H23N5O2. The van der Waals surface area contributed by atoms with Crippen LogP contribution in [0.25, 0.3) is 17.7 Å². The quantitative estimate of drug-likeness (QED) is 0.288. The van der Waals surface area contributed by atoms with Crippen LogP contribution in [0.2, 0.25) is 0 Å². The highest BCUT2D eigenvalue weighted by Gasteiger charge is 2.24. The van der Waals surface area contributed by atoms with Gasteiger partial charge < -0.3 is 20.9 Å². The monoisotopic (exact) mass is 461 g/mol. The summed E-state index contributed by atoms with van der Waals surface area (Å²) in [6, 6.07) is 24.5. The Kier molecular flexibility index (Phi) is 6.21. The van der Waals surface area contributed by atoms with E-state index in [1.165, 1.54) is 0 Å². The first-order valence-electron chi connectivity index (χ1n) is 11.2. The molecule has 2 aromatic heterocycles. The highest BCUT2D eigenvalue weighted by molar-refractivity contribution is 6.34. The lowest BCUT2D eigenvalue weighted by molar-refractivity contribution is -0.110. The van der Waals surface area contributed by atoms with Gasteiger partial charge in [0.15, 0.2) is 0 Å². The fraction of sp³-hybridized carbons (Fsp3) is 0.0357. The van der Waals surface area contributed by atoms with E-state index in [1.54, 1.807) is 12.1 Å². The number of nitrogens with one attached hydrogen (secondary N) is 4. The molecule has 7 heteroatoms. The zero-order chi connectivity index (χ0) is 24.0. The number of hydrogen-bond acceptors (Lipinski definition) is 4. The number of carbonyl (C=O) groups excluding carboxylic acids is 2. The zero-order valence-electron chi connectivity index (χ0n) is 18.8. The molecule has 35 heavy (non-hydrogen) atoms. The number of nitrogens with zero attached hydrogens (tertiary/aromatic N) is 1. The number of para-hydroxylation sites is 1. The molecule has 0 bridgehead atoms. The second-order valence-corrected chi connectivity index (χ2v) is 7.95. The Morgan fingerprint density at radius 3 is 2.69 bits per heavy atom. The van der Waals surface area contributed by atoms with Gasteiger partial charge in [0.05, 0.1) is 5.57 Å². The van der Waals surface area contributed by atoms with Crippen molar-refractivity contribution in [3.05, 3.63) is 114 Å². The van der Waals surface area contributed by atoms with Crippen molar-refractivity contribution in [3.63, 3.8) is 0 Å². The van der Waals surface area contributed by atoms with Crippen molar-refractivity contribution in [3.8, 4) is 0 Å². The van der Waals surface area contributed by atoms with Crippen LogP contribution in [0.1, 0.15) is 27.3 Å². The number of benzene rings is 2. The van der Waals surface area contributed by atoms with Gasteiger partial charge in [-0.05, 0) is 54.1 Å². The van der Waals surface area contributed by atoms with Crippen molar-refractivity contribution < 1.29 is 9.59 Å². The third-order valence-electron chi connectivity index (χ3n) is 5.47. The van der Waals surface area contributed by atoms with E-state index < -0.39 is 0 Å². The lowest BCUT2D eigenvalue weighted by Gasteiger charge is -2.07. The first-order valence-corrected chi connectivity index (χ1v) is 11.2. The van der Waals surface area contributed by atoms with E-state index in [4.69, 9.17) is 0 Å². The van der Waals surface area contributed by atoms with Crippen LogP contribution in [0.5, 0.6) is 0 Å². The van der Waals surface area contributed by atoms with Gasteiger partial charge in [-0.15, -0.1) is 0 Å². The number of pyridine rings is 1. The van der Waals surface area contributed by atoms with E-state index >= 15 is 0 Å². The Hall–Kier alpha value is -4.91. The van der Waals surface area contributed by atoms with Crippen LogP contribution in [0.15, 0.2) is 91.1 Å². The number of hydrogen-bond donors (Lipinski definition) is 4. The molecule has 0 spiro atoms. The first kappa shape index (κ1) is 21.9. The summed E-state index contributed by atoms with van der Waals surface area (Å²) in [6.45, 7) is 0.346. The Labute approximate surface area is 202 Å². The molecule has 2 aromatic carbocycles. The van der Waals surface area contributed by atoms with E-state index in [0.717, 1.165) is 28.2 Å². The van der Waals surface area contributed by atoms with Crippen molar-refractivity contribution in [1.29, 1.82) is 0 Å². The number of amides is 2. The van der Waals surface area contributed by atoms with E-state index in [1.807, 2.05) is 91.2 Å². The largest absolute Gasteiger partial charge is 0.362 e. The highest BCUT2D eigenvalue weighted by Crippen LogP contribution is 2.33. The number of aromatic nitrogens is 2. The van der Waals surface area contributed by atoms with Gasteiger partial charge in [-0.1, -0.05) is 48.6 Å². The number of H-pyrrole nitrogens is 1. The van der Waals surface area contributed by atoms with Crippen molar-refractivity contribution in [2.45, 2.75) is 0 Å². The van der Waals surface area contributed by atoms with Crippen LogP contribution in [0.4, 0.5) is 17.2 Å². The van der Waals surface area contributed by atoms with E-state index in [-0.39, 0.29) is 11.8 Å². The fourth-order valence-electron chi connectivity index (χ4n) is 3.79. The molecule has 7 nitrogen and oxygen atoms in total. The van der Waals surface area contributed by atoms with Crippen LogP contribution in [0.3, 0.4) is 0 Å². The average Bonchev–Trinajstić information content (AvgIpc) is 3.50. The summed E-state index contributed by atoms with van der Waals surface area (Å²) in [5.74, 6) is 0.218. The standard InChI is InChI=1S/C28H23N5O2/c34-27-23(18-21-10-6-15-29-21)22-14-13-19(17-25(22)33-27)7-5-16-30-28(35)24-11-4-12-26(32-24)31-20-8-2-1-3-9-20/h1-15,17-18,29H,16H2,(H,30,35)(H,31,32)(H,33,34). The van der Waals surface area contributed by atoms with Crippen molar-refractivity contribution in [1.82, 2.24) is 15.3 Å². The third-order valence-corrected chi connectivity index (χ3v) is 5.47. The third kappa shape index (κ3) is 5.20. The molecule has 0 unspecified atom stereocenters. The summed E-state index contributed by atoms with van der Waals surface area (Å²) < 4.78 is 0. The maximum absolute atomic E-state index is 12.5. The van der Waals surface area contributed by atoms with Gasteiger partial charge in [-0.2, -0.15) is 0 Å². The molecule has 4 N–H and O–H groups in total. The molecule has 1 aliphatic heterocycles. The van der Waals surface area contributed by atoms with Crippen LogP contribution in [-0.2, 0) is 4.79 Å². The lowest BCUT2D eigenvalue weighted by atomic mass is 10.0. The number of anilines is 3. The van der Waals surface area contributed by atoms with Crippen LogP contribution >= 0.6 is 0 Å².